The van der Waals surface area contributed by atoms with Crippen LogP contribution in [-0.4, -0.2) is 23.7 Å². The van der Waals surface area contributed by atoms with E-state index in [-0.39, 0.29) is 17.4 Å². The van der Waals surface area contributed by atoms with Gasteiger partial charge >= 0.3 is 0 Å². The van der Waals surface area contributed by atoms with Gasteiger partial charge in [0.05, 0.1) is 6.10 Å². The first-order chi connectivity index (χ1) is 8.46. The van der Waals surface area contributed by atoms with Crippen molar-refractivity contribution in [2.45, 2.75) is 71.8 Å². The van der Waals surface area contributed by atoms with E-state index < -0.39 is 0 Å². The van der Waals surface area contributed by atoms with Crippen LogP contribution in [-0.2, 0) is 4.79 Å². The van der Waals surface area contributed by atoms with Crippen LogP contribution in [0.1, 0.15) is 65.7 Å². The molecule has 0 bridgehead atoms. The lowest BCUT2D eigenvalue weighted by Gasteiger charge is -2.29. The van der Waals surface area contributed by atoms with Gasteiger partial charge in [0.2, 0.25) is 5.91 Å². The molecule has 0 aromatic heterocycles. The van der Waals surface area contributed by atoms with Crippen LogP contribution in [0.25, 0.3) is 0 Å². The molecule has 1 fully saturated rings. The second-order valence-electron chi connectivity index (χ2n) is 6.33. The summed E-state index contributed by atoms with van der Waals surface area (Å²) < 4.78 is 0. The molecule has 1 unspecified atom stereocenters. The third-order valence-corrected chi connectivity index (χ3v) is 3.93. The molecular weight excluding hydrogens is 226 g/mol. The zero-order valence-electron chi connectivity index (χ0n) is 12.2. The topological polar surface area (TPSA) is 49.3 Å². The van der Waals surface area contributed by atoms with Crippen LogP contribution in [0.5, 0.6) is 0 Å². The molecule has 3 nitrogen and oxygen atoms in total. The van der Waals surface area contributed by atoms with Crippen molar-refractivity contribution < 1.29 is 9.90 Å². The highest BCUT2D eigenvalue weighted by molar-refractivity contribution is 5.82. The number of hydrogen-bond acceptors (Lipinski definition) is 2. The Morgan fingerprint density at radius 3 is 2.39 bits per heavy atom. The lowest BCUT2D eigenvalue weighted by Crippen LogP contribution is -2.40. The minimum atomic E-state index is -0.266. The second-order valence-corrected chi connectivity index (χ2v) is 6.33. The van der Waals surface area contributed by atoms with Crippen molar-refractivity contribution in [1.29, 1.82) is 0 Å². The van der Waals surface area contributed by atoms with Gasteiger partial charge < -0.3 is 10.4 Å². The molecule has 0 aromatic carbocycles. The summed E-state index contributed by atoms with van der Waals surface area (Å²) in [7, 11) is 0. The fourth-order valence-corrected chi connectivity index (χ4v) is 3.14. The minimum Gasteiger partial charge on any atom is -0.393 e. The Balaban J connectivity index is 2.40. The van der Waals surface area contributed by atoms with Crippen LogP contribution in [0, 0.1) is 11.3 Å². The van der Waals surface area contributed by atoms with Crippen molar-refractivity contribution in [2.24, 2.45) is 11.3 Å². The minimum absolute atomic E-state index is 0.0982. The molecule has 1 amide bonds. The van der Waals surface area contributed by atoms with Crippen LogP contribution in [0.15, 0.2) is 0 Å². The predicted molar refractivity (Wildman–Crippen MR) is 74.3 cm³/mol. The Kier molecular flexibility index (Phi) is 6.13. The zero-order chi connectivity index (χ0) is 13.6. The van der Waals surface area contributed by atoms with Gasteiger partial charge in [0.15, 0.2) is 0 Å². The molecule has 106 valence electrons. The maximum Gasteiger partial charge on any atom is 0.226 e. The van der Waals surface area contributed by atoms with Crippen molar-refractivity contribution in [3.63, 3.8) is 0 Å². The van der Waals surface area contributed by atoms with Gasteiger partial charge in [-0.25, -0.2) is 0 Å². The van der Waals surface area contributed by atoms with Crippen molar-refractivity contribution in [2.75, 3.05) is 6.54 Å². The maximum absolute atomic E-state index is 12.4. The van der Waals surface area contributed by atoms with E-state index in [2.05, 4.69) is 19.2 Å². The Bertz CT molecular complexity index is 255. The van der Waals surface area contributed by atoms with Crippen LogP contribution in [0.2, 0.25) is 0 Å². The molecular formula is C15H29NO2. The highest BCUT2D eigenvalue weighted by Gasteiger charge is 2.40. The average molecular weight is 255 g/mol. The molecule has 2 N–H and O–H groups in total. The third kappa shape index (κ3) is 4.60. The Morgan fingerprint density at radius 1 is 1.28 bits per heavy atom. The number of hydrogen-bond donors (Lipinski definition) is 2. The third-order valence-electron chi connectivity index (χ3n) is 3.93. The van der Waals surface area contributed by atoms with Crippen molar-refractivity contribution in [3.8, 4) is 0 Å². The maximum atomic E-state index is 12.4. The van der Waals surface area contributed by atoms with Gasteiger partial charge in [0.1, 0.15) is 0 Å². The fraction of sp³-hybridized carbons (Fsp3) is 0.933. The van der Waals surface area contributed by atoms with Crippen molar-refractivity contribution >= 4 is 5.91 Å². The predicted octanol–water partition coefficient (Wildman–Crippen LogP) is 2.87. The van der Waals surface area contributed by atoms with E-state index in [4.69, 9.17) is 0 Å². The molecule has 0 spiro atoms. The number of amides is 1. The summed E-state index contributed by atoms with van der Waals surface area (Å²) in [6.07, 6.45) is 6.84. The number of aliphatic hydroxyl groups excluding tert-OH is 1. The normalized spacial score (nSPS) is 20.1. The molecule has 0 aliphatic heterocycles. The molecule has 1 atom stereocenters. The van der Waals surface area contributed by atoms with E-state index >= 15 is 0 Å². The van der Waals surface area contributed by atoms with E-state index in [1.165, 1.54) is 12.8 Å². The standard InChI is InChI=1S/C15H29NO2/c1-12(2)11-15(8-4-5-9-15)14(18)16-10-6-7-13(3)17/h12-13,17H,4-11H2,1-3H3,(H,16,18). The van der Waals surface area contributed by atoms with E-state index in [0.29, 0.717) is 12.5 Å². The Morgan fingerprint density at radius 2 is 1.89 bits per heavy atom. The van der Waals surface area contributed by atoms with Gasteiger partial charge in [0, 0.05) is 12.0 Å². The summed E-state index contributed by atoms with van der Waals surface area (Å²) in [6.45, 7) is 6.88. The van der Waals surface area contributed by atoms with E-state index in [9.17, 15) is 9.90 Å². The van der Waals surface area contributed by atoms with Crippen molar-refractivity contribution in [1.82, 2.24) is 5.32 Å². The van der Waals surface area contributed by atoms with E-state index in [0.717, 1.165) is 32.1 Å². The molecule has 0 radical (unpaired) electrons. The first-order valence-corrected chi connectivity index (χ1v) is 7.43. The van der Waals surface area contributed by atoms with E-state index in [1.54, 1.807) is 6.92 Å². The second kappa shape index (κ2) is 7.13. The van der Waals surface area contributed by atoms with Gasteiger partial charge in [0.25, 0.3) is 0 Å². The van der Waals surface area contributed by atoms with Gasteiger partial charge in [-0.15, -0.1) is 0 Å². The zero-order valence-corrected chi connectivity index (χ0v) is 12.2. The van der Waals surface area contributed by atoms with Gasteiger partial charge in [-0.2, -0.15) is 0 Å². The lowest BCUT2D eigenvalue weighted by molar-refractivity contribution is -0.131. The Hall–Kier alpha value is -0.570. The summed E-state index contributed by atoms with van der Waals surface area (Å²) in [4.78, 5) is 12.4. The number of carbonyl (C=O) groups is 1. The molecule has 1 rings (SSSR count). The van der Waals surface area contributed by atoms with Crippen molar-refractivity contribution in [3.05, 3.63) is 0 Å². The van der Waals surface area contributed by atoms with Gasteiger partial charge in [-0.1, -0.05) is 26.7 Å². The first-order valence-electron chi connectivity index (χ1n) is 7.43. The summed E-state index contributed by atoms with van der Waals surface area (Å²) >= 11 is 0. The molecule has 18 heavy (non-hydrogen) atoms. The average Bonchev–Trinajstić information content (AvgIpc) is 2.72. The summed E-state index contributed by atoms with van der Waals surface area (Å²) in [6, 6.07) is 0. The summed E-state index contributed by atoms with van der Waals surface area (Å²) in [5.74, 6) is 0.825. The molecule has 0 saturated heterocycles. The molecule has 0 aromatic rings. The summed E-state index contributed by atoms with van der Waals surface area (Å²) in [5.41, 5.74) is -0.0982. The fourth-order valence-electron chi connectivity index (χ4n) is 3.14. The molecule has 1 aliphatic rings. The molecule has 3 heteroatoms. The highest BCUT2D eigenvalue weighted by Crippen LogP contribution is 2.43. The first kappa shape index (κ1) is 15.5. The smallest absolute Gasteiger partial charge is 0.226 e. The molecule has 1 saturated carbocycles. The SMILES string of the molecule is CC(C)CC1(C(=O)NCCCC(C)O)CCCC1. The number of nitrogens with one attached hydrogen (secondary N) is 1. The monoisotopic (exact) mass is 255 g/mol. The number of rotatable bonds is 7. The van der Waals surface area contributed by atoms with Gasteiger partial charge in [-0.05, 0) is 44.9 Å². The molecule has 1 aliphatic carbocycles. The van der Waals surface area contributed by atoms with Crippen LogP contribution in [0.4, 0.5) is 0 Å². The lowest BCUT2D eigenvalue weighted by atomic mass is 9.77. The summed E-state index contributed by atoms with van der Waals surface area (Å²) in [5, 5.41) is 12.3. The number of carbonyl (C=O) groups excluding carboxylic acids is 1. The van der Waals surface area contributed by atoms with Gasteiger partial charge in [-0.3, -0.25) is 4.79 Å². The van der Waals surface area contributed by atoms with Crippen LogP contribution < -0.4 is 5.32 Å². The Labute approximate surface area is 111 Å². The number of aliphatic hydroxyl groups is 1. The highest BCUT2D eigenvalue weighted by atomic mass is 16.3. The quantitative estimate of drug-likeness (QED) is 0.687. The van der Waals surface area contributed by atoms with Crippen LogP contribution in [0.3, 0.4) is 0 Å². The van der Waals surface area contributed by atoms with E-state index in [1.807, 2.05) is 0 Å². The largest absolute Gasteiger partial charge is 0.393 e. The molecule has 0 heterocycles. The van der Waals surface area contributed by atoms with Crippen LogP contribution >= 0.6 is 0 Å².